The van der Waals surface area contributed by atoms with Crippen molar-refractivity contribution in [1.82, 2.24) is 19.9 Å². The Morgan fingerprint density at radius 2 is 0.929 bits per heavy atom. The van der Waals surface area contributed by atoms with Gasteiger partial charge in [0.15, 0.2) is 0 Å². The summed E-state index contributed by atoms with van der Waals surface area (Å²) in [6.45, 7) is 0. The number of benzene rings is 8. The molecule has 5 heteroatoms. The molecular weight excluding hydrogens is 748 g/mol. The standard InChI is InChI=1S/C51H32N4Se/c1-5-16-33(17-6-1)47-53-48(55-49(54-47)42-26-15-25-41-38(42)30-31-45-46(41)56-50(52-45)34-18-7-2-8-19-34)35-28-29-40-39-24-13-14-27-43(39)51(44(40)32-35,36-20-9-3-10-21-36)37-22-11-4-12-23-37/h1-32H. The number of hydrogen-bond acceptors (Lipinski definition) is 4. The third-order valence-electron chi connectivity index (χ3n) is 11.1. The van der Waals surface area contributed by atoms with E-state index in [0.717, 1.165) is 32.2 Å². The summed E-state index contributed by atoms with van der Waals surface area (Å²) in [5, 5.41) is 2.31. The fraction of sp³-hybridized carbons (Fsp3) is 0.0196. The van der Waals surface area contributed by atoms with E-state index < -0.39 is 5.41 Å². The molecule has 0 radical (unpaired) electrons. The summed E-state index contributed by atoms with van der Waals surface area (Å²) < 4.78 is 2.45. The molecule has 0 spiro atoms. The van der Waals surface area contributed by atoms with Crippen molar-refractivity contribution in [2.45, 2.75) is 5.41 Å². The van der Waals surface area contributed by atoms with Gasteiger partial charge in [-0.3, -0.25) is 0 Å². The minimum atomic E-state index is -0.527. The molecule has 0 saturated heterocycles. The average Bonchev–Trinajstić information content (AvgIpc) is 3.86. The van der Waals surface area contributed by atoms with Crippen LogP contribution in [0.15, 0.2) is 194 Å². The van der Waals surface area contributed by atoms with Gasteiger partial charge in [0.2, 0.25) is 0 Å². The second-order valence-corrected chi connectivity index (χ2v) is 16.3. The van der Waals surface area contributed by atoms with Crippen LogP contribution in [0.3, 0.4) is 0 Å². The molecule has 2 heterocycles. The number of fused-ring (bicyclic) bond motifs is 6. The minimum absolute atomic E-state index is 0.0697. The van der Waals surface area contributed by atoms with E-state index in [9.17, 15) is 0 Å². The molecule has 0 amide bonds. The maximum atomic E-state index is 5.33. The van der Waals surface area contributed by atoms with Crippen LogP contribution in [-0.4, -0.2) is 34.4 Å². The second kappa shape index (κ2) is 13.2. The predicted octanol–water partition coefficient (Wildman–Crippen LogP) is 11.7. The van der Waals surface area contributed by atoms with E-state index in [-0.39, 0.29) is 14.5 Å². The van der Waals surface area contributed by atoms with Gasteiger partial charge < -0.3 is 0 Å². The van der Waals surface area contributed by atoms with Crippen molar-refractivity contribution in [3.8, 4) is 55.4 Å². The van der Waals surface area contributed by atoms with Crippen molar-refractivity contribution in [3.63, 3.8) is 0 Å². The van der Waals surface area contributed by atoms with Crippen LogP contribution in [0.2, 0.25) is 0 Å². The number of hydrogen-bond donors (Lipinski definition) is 0. The third kappa shape index (κ3) is 5.13. The Kier molecular flexibility index (Phi) is 7.70. The van der Waals surface area contributed by atoms with Crippen LogP contribution in [0.25, 0.3) is 76.0 Å². The Balaban J connectivity index is 1.14. The van der Waals surface area contributed by atoms with Crippen LogP contribution >= 0.6 is 0 Å². The molecule has 8 aromatic carbocycles. The molecule has 262 valence electrons. The molecule has 10 aromatic rings. The van der Waals surface area contributed by atoms with Crippen molar-refractivity contribution >= 4 is 35.1 Å². The summed E-state index contributed by atoms with van der Waals surface area (Å²) >= 11 is 0.0697. The summed E-state index contributed by atoms with van der Waals surface area (Å²) in [6, 6.07) is 69.0. The maximum absolute atomic E-state index is 5.33. The molecule has 1 aliphatic carbocycles. The first-order valence-corrected chi connectivity index (χ1v) is 20.5. The van der Waals surface area contributed by atoms with Gasteiger partial charge in [-0.15, -0.1) is 0 Å². The van der Waals surface area contributed by atoms with Crippen molar-refractivity contribution in [2.75, 3.05) is 0 Å². The molecular formula is C51H32N4Se. The van der Waals surface area contributed by atoms with Gasteiger partial charge in [-0.05, 0) is 0 Å². The monoisotopic (exact) mass is 780 g/mol. The van der Waals surface area contributed by atoms with Gasteiger partial charge in [0.05, 0.1) is 0 Å². The first-order chi connectivity index (χ1) is 27.8. The SMILES string of the molecule is c1ccc(-c2nc(-c3ccc4c(c3)C(c3ccccc3)(c3ccccc3)c3ccccc3-4)nc(-c3cccc4c3ccc3nc(-c5ccccc5)[se]c34)n2)cc1. The molecule has 0 saturated carbocycles. The Hall–Kier alpha value is -6.78. The summed E-state index contributed by atoms with van der Waals surface area (Å²) in [5.74, 6) is 1.93. The molecule has 0 N–H and O–H groups in total. The fourth-order valence-corrected chi connectivity index (χ4v) is 10.9. The summed E-state index contributed by atoms with van der Waals surface area (Å²) in [5.41, 5.74) is 12.0. The number of rotatable bonds is 6. The first kappa shape index (κ1) is 32.6. The van der Waals surface area contributed by atoms with Crippen molar-refractivity contribution in [3.05, 3.63) is 216 Å². The van der Waals surface area contributed by atoms with Crippen LogP contribution in [0.4, 0.5) is 0 Å². The van der Waals surface area contributed by atoms with Gasteiger partial charge >= 0.3 is 247 Å². The fourth-order valence-electron chi connectivity index (χ4n) is 8.57. The molecule has 0 fully saturated rings. The van der Waals surface area contributed by atoms with Crippen LogP contribution in [0.1, 0.15) is 22.3 Å². The molecule has 1 aliphatic rings. The molecule has 56 heavy (non-hydrogen) atoms. The van der Waals surface area contributed by atoms with E-state index in [0.29, 0.717) is 17.5 Å². The Morgan fingerprint density at radius 3 is 1.64 bits per heavy atom. The van der Waals surface area contributed by atoms with Gasteiger partial charge in [0, 0.05) is 0 Å². The zero-order chi connectivity index (χ0) is 37.1. The van der Waals surface area contributed by atoms with Crippen molar-refractivity contribution < 1.29 is 0 Å². The number of aromatic nitrogens is 4. The average molecular weight is 780 g/mol. The molecule has 2 aromatic heterocycles. The van der Waals surface area contributed by atoms with Crippen molar-refractivity contribution in [2.24, 2.45) is 0 Å². The van der Waals surface area contributed by atoms with E-state index in [1.54, 1.807) is 0 Å². The Bertz CT molecular complexity index is 3030. The topological polar surface area (TPSA) is 51.6 Å². The zero-order valence-corrected chi connectivity index (χ0v) is 31.9. The van der Waals surface area contributed by atoms with E-state index in [2.05, 4.69) is 176 Å². The zero-order valence-electron chi connectivity index (χ0n) is 30.2. The predicted molar refractivity (Wildman–Crippen MR) is 229 cm³/mol. The van der Waals surface area contributed by atoms with Gasteiger partial charge in [0.25, 0.3) is 0 Å². The summed E-state index contributed by atoms with van der Waals surface area (Å²) in [6.07, 6.45) is 0. The molecule has 0 unspecified atom stereocenters. The number of nitrogens with zero attached hydrogens (tertiary/aromatic N) is 4. The first-order valence-electron chi connectivity index (χ1n) is 18.8. The van der Waals surface area contributed by atoms with E-state index in [1.165, 1.54) is 48.6 Å². The van der Waals surface area contributed by atoms with E-state index in [4.69, 9.17) is 19.9 Å². The summed E-state index contributed by atoms with van der Waals surface area (Å²) in [4.78, 5) is 20.8. The van der Waals surface area contributed by atoms with Crippen LogP contribution in [0.5, 0.6) is 0 Å². The Morgan fingerprint density at radius 1 is 0.357 bits per heavy atom. The Labute approximate surface area is 330 Å². The summed E-state index contributed by atoms with van der Waals surface area (Å²) in [7, 11) is 0. The van der Waals surface area contributed by atoms with E-state index >= 15 is 0 Å². The second-order valence-electron chi connectivity index (χ2n) is 14.2. The van der Waals surface area contributed by atoms with Crippen LogP contribution in [-0.2, 0) is 5.41 Å². The van der Waals surface area contributed by atoms with Gasteiger partial charge in [-0.2, -0.15) is 0 Å². The van der Waals surface area contributed by atoms with Gasteiger partial charge in [-0.25, -0.2) is 0 Å². The van der Waals surface area contributed by atoms with Crippen LogP contribution < -0.4 is 0 Å². The molecule has 0 aliphatic heterocycles. The van der Waals surface area contributed by atoms with Gasteiger partial charge in [-0.1, -0.05) is 84.9 Å². The molecule has 11 rings (SSSR count). The quantitative estimate of drug-likeness (QED) is 0.158. The van der Waals surface area contributed by atoms with Crippen molar-refractivity contribution in [1.29, 1.82) is 0 Å². The molecule has 0 bridgehead atoms. The van der Waals surface area contributed by atoms with E-state index in [1.807, 2.05) is 18.2 Å². The molecule has 0 atom stereocenters. The van der Waals surface area contributed by atoms with Crippen LogP contribution in [0, 0.1) is 0 Å². The normalized spacial score (nSPS) is 12.8. The molecule has 4 nitrogen and oxygen atoms in total. The van der Waals surface area contributed by atoms with Gasteiger partial charge in [0.1, 0.15) is 0 Å². The third-order valence-corrected chi connectivity index (χ3v) is 13.5.